The van der Waals surface area contributed by atoms with E-state index in [0.717, 1.165) is 5.56 Å². The Morgan fingerprint density at radius 2 is 2.11 bits per heavy atom. The van der Waals surface area contributed by atoms with Gasteiger partial charge in [0, 0.05) is 23.7 Å². The van der Waals surface area contributed by atoms with Gasteiger partial charge in [0.2, 0.25) is 15.9 Å². The molecule has 98 valence electrons. The van der Waals surface area contributed by atoms with Crippen LogP contribution in [0, 0.1) is 6.92 Å². The molecule has 0 aromatic heterocycles. The fourth-order valence-corrected chi connectivity index (χ4v) is 2.79. The summed E-state index contributed by atoms with van der Waals surface area (Å²) in [6.45, 7) is 1.92. The van der Waals surface area contributed by atoms with Crippen LogP contribution in [0.2, 0.25) is 5.02 Å². The van der Waals surface area contributed by atoms with Crippen LogP contribution in [0.25, 0.3) is 0 Å². The highest BCUT2D eigenvalue weighted by Crippen LogP contribution is 2.27. The van der Waals surface area contributed by atoms with E-state index in [-0.39, 0.29) is 18.9 Å². The third-order valence-corrected chi connectivity index (χ3v) is 4.68. The van der Waals surface area contributed by atoms with E-state index in [1.54, 1.807) is 18.2 Å². The highest BCUT2D eigenvalue weighted by atomic mass is 35.5. The number of amides is 1. The van der Waals surface area contributed by atoms with Crippen molar-refractivity contribution in [1.82, 2.24) is 0 Å². The van der Waals surface area contributed by atoms with Crippen molar-refractivity contribution in [3.8, 4) is 0 Å². The van der Waals surface area contributed by atoms with Gasteiger partial charge in [0.15, 0.2) is 0 Å². The molecule has 0 aliphatic carbocycles. The Labute approximate surface area is 111 Å². The predicted molar refractivity (Wildman–Crippen MR) is 70.1 cm³/mol. The van der Waals surface area contributed by atoms with Gasteiger partial charge in [-0.25, -0.2) is 13.6 Å². The average Bonchev–Trinajstić information content (AvgIpc) is 2.64. The summed E-state index contributed by atoms with van der Waals surface area (Å²) in [4.78, 5) is 13.2. The summed E-state index contributed by atoms with van der Waals surface area (Å²) in [6, 6.07) is 5.13. The van der Waals surface area contributed by atoms with Crippen LogP contribution in [0.3, 0.4) is 0 Å². The molecule has 1 aromatic rings. The molecule has 0 saturated carbocycles. The third kappa shape index (κ3) is 2.50. The summed E-state index contributed by atoms with van der Waals surface area (Å²) in [7, 11) is -3.68. The molecule has 5 nitrogen and oxygen atoms in total. The van der Waals surface area contributed by atoms with Gasteiger partial charge in [-0.3, -0.25) is 4.79 Å². The SMILES string of the molecule is Cc1cc(N2CC(S(N)(=O)=O)CC2=O)ccc1Cl. The molecule has 2 N–H and O–H groups in total. The molecule has 0 radical (unpaired) electrons. The minimum atomic E-state index is -3.68. The van der Waals surface area contributed by atoms with Crippen molar-refractivity contribution in [2.75, 3.05) is 11.4 Å². The fraction of sp³-hybridized carbons (Fsp3) is 0.364. The lowest BCUT2D eigenvalue weighted by atomic mass is 10.2. The largest absolute Gasteiger partial charge is 0.311 e. The van der Waals surface area contributed by atoms with Crippen LogP contribution in [0.15, 0.2) is 18.2 Å². The lowest BCUT2D eigenvalue weighted by Crippen LogP contribution is -2.32. The highest BCUT2D eigenvalue weighted by molar-refractivity contribution is 7.89. The molecule has 1 saturated heterocycles. The number of nitrogens with two attached hydrogens (primary N) is 1. The second-order valence-corrected chi connectivity index (χ2v) is 6.60. The van der Waals surface area contributed by atoms with Crippen LogP contribution >= 0.6 is 11.6 Å². The summed E-state index contributed by atoms with van der Waals surface area (Å²) < 4.78 is 22.5. The number of primary sulfonamides is 1. The third-order valence-electron chi connectivity index (χ3n) is 3.01. The van der Waals surface area contributed by atoms with Crippen molar-refractivity contribution >= 4 is 33.2 Å². The molecule has 0 bridgehead atoms. The summed E-state index contributed by atoms with van der Waals surface area (Å²) in [5, 5.41) is 4.84. The minimum Gasteiger partial charge on any atom is -0.311 e. The monoisotopic (exact) mass is 288 g/mol. The number of hydrogen-bond acceptors (Lipinski definition) is 3. The standard InChI is InChI=1S/C11H13ClN2O3S/c1-7-4-8(2-3-10(7)12)14-6-9(5-11(14)15)18(13,16)17/h2-4,9H,5-6H2,1H3,(H2,13,16,17). The van der Waals surface area contributed by atoms with Gasteiger partial charge in [-0.15, -0.1) is 0 Å². The second kappa shape index (κ2) is 4.53. The smallest absolute Gasteiger partial charge is 0.228 e. The Balaban J connectivity index is 2.30. The van der Waals surface area contributed by atoms with Crippen molar-refractivity contribution < 1.29 is 13.2 Å². The number of halogens is 1. The van der Waals surface area contributed by atoms with E-state index in [2.05, 4.69) is 0 Å². The molecule has 1 heterocycles. The first-order chi connectivity index (χ1) is 8.29. The van der Waals surface area contributed by atoms with Crippen molar-refractivity contribution in [2.45, 2.75) is 18.6 Å². The Bertz CT molecular complexity index is 600. The molecule has 1 amide bonds. The maximum atomic E-state index is 11.8. The molecule has 1 aliphatic heterocycles. The van der Waals surface area contributed by atoms with Crippen LogP contribution in [-0.2, 0) is 14.8 Å². The molecule has 7 heteroatoms. The number of benzene rings is 1. The molecule has 1 aromatic carbocycles. The number of carbonyl (C=O) groups is 1. The highest BCUT2D eigenvalue weighted by Gasteiger charge is 2.37. The first-order valence-electron chi connectivity index (χ1n) is 5.37. The van der Waals surface area contributed by atoms with E-state index >= 15 is 0 Å². The number of nitrogens with zero attached hydrogens (tertiary/aromatic N) is 1. The molecule has 1 unspecified atom stereocenters. The lowest BCUT2D eigenvalue weighted by molar-refractivity contribution is -0.117. The predicted octanol–water partition coefficient (Wildman–Crippen LogP) is 1.04. The van der Waals surface area contributed by atoms with Crippen molar-refractivity contribution in [3.63, 3.8) is 0 Å². The summed E-state index contributed by atoms with van der Waals surface area (Å²) in [5.74, 6) is -0.240. The second-order valence-electron chi connectivity index (χ2n) is 4.35. The van der Waals surface area contributed by atoms with Gasteiger partial charge in [-0.1, -0.05) is 11.6 Å². The first-order valence-corrected chi connectivity index (χ1v) is 7.36. The maximum absolute atomic E-state index is 11.8. The van der Waals surface area contributed by atoms with E-state index in [1.165, 1.54) is 4.90 Å². The number of hydrogen-bond donors (Lipinski definition) is 1. The average molecular weight is 289 g/mol. The summed E-state index contributed by atoms with van der Waals surface area (Å²) in [5.41, 5.74) is 1.48. The van der Waals surface area contributed by atoms with Crippen LogP contribution in [0.4, 0.5) is 5.69 Å². The zero-order chi connectivity index (χ0) is 13.5. The van der Waals surface area contributed by atoms with Gasteiger partial charge in [0.25, 0.3) is 0 Å². The topological polar surface area (TPSA) is 80.5 Å². The summed E-state index contributed by atoms with van der Waals surface area (Å²) in [6.07, 6.45) is -0.0689. The Morgan fingerprint density at radius 3 is 2.61 bits per heavy atom. The lowest BCUT2D eigenvalue weighted by Gasteiger charge is -2.17. The fourth-order valence-electron chi connectivity index (χ4n) is 1.94. The van der Waals surface area contributed by atoms with Gasteiger partial charge >= 0.3 is 0 Å². The number of aryl methyl sites for hydroxylation is 1. The van der Waals surface area contributed by atoms with Crippen molar-refractivity contribution in [2.24, 2.45) is 5.14 Å². The van der Waals surface area contributed by atoms with E-state index in [9.17, 15) is 13.2 Å². The molecule has 0 spiro atoms. The van der Waals surface area contributed by atoms with Crippen LogP contribution in [-0.4, -0.2) is 26.1 Å². The molecular formula is C11H13ClN2O3S. The van der Waals surface area contributed by atoms with Gasteiger partial charge in [-0.2, -0.15) is 0 Å². The van der Waals surface area contributed by atoms with Crippen molar-refractivity contribution in [1.29, 1.82) is 0 Å². The van der Waals surface area contributed by atoms with Gasteiger partial charge < -0.3 is 4.90 Å². The molecule has 2 rings (SSSR count). The summed E-state index contributed by atoms with van der Waals surface area (Å²) >= 11 is 5.91. The van der Waals surface area contributed by atoms with Gasteiger partial charge in [0.1, 0.15) is 5.25 Å². The normalized spacial score (nSPS) is 20.5. The van der Waals surface area contributed by atoms with E-state index < -0.39 is 15.3 Å². The van der Waals surface area contributed by atoms with Crippen LogP contribution in [0.5, 0.6) is 0 Å². The van der Waals surface area contributed by atoms with Crippen LogP contribution < -0.4 is 10.0 Å². The minimum absolute atomic E-state index is 0.0689. The molecule has 18 heavy (non-hydrogen) atoms. The zero-order valence-electron chi connectivity index (χ0n) is 9.76. The first kappa shape index (κ1) is 13.3. The molecular weight excluding hydrogens is 276 g/mol. The number of rotatable bonds is 2. The van der Waals surface area contributed by atoms with Crippen molar-refractivity contribution in [3.05, 3.63) is 28.8 Å². The molecule has 1 fully saturated rings. The molecule has 1 aliphatic rings. The molecule has 1 atom stereocenters. The quantitative estimate of drug-likeness (QED) is 0.883. The Kier molecular flexibility index (Phi) is 3.35. The van der Waals surface area contributed by atoms with E-state index in [0.29, 0.717) is 10.7 Å². The number of carbonyl (C=O) groups excluding carboxylic acids is 1. The number of anilines is 1. The van der Waals surface area contributed by atoms with E-state index in [1.807, 2.05) is 6.92 Å². The zero-order valence-corrected chi connectivity index (χ0v) is 11.3. The van der Waals surface area contributed by atoms with Gasteiger partial charge in [-0.05, 0) is 30.7 Å². The van der Waals surface area contributed by atoms with E-state index in [4.69, 9.17) is 16.7 Å². The number of sulfonamides is 1. The Hall–Kier alpha value is -1.11. The van der Waals surface area contributed by atoms with Gasteiger partial charge in [0.05, 0.1) is 0 Å². The Morgan fingerprint density at radius 1 is 1.44 bits per heavy atom. The van der Waals surface area contributed by atoms with Crippen LogP contribution in [0.1, 0.15) is 12.0 Å². The maximum Gasteiger partial charge on any atom is 0.228 e.